The fourth-order valence-corrected chi connectivity index (χ4v) is 3.32. The second-order valence-electron chi connectivity index (χ2n) is 7.52. The number of nitrogens with two attached hydrogens (primary N) is 1. The van der Waals surface area contributed by atoms with Gasteiger partial charge in [0.1, 0.15) is 5.54 Å². The van der Waals surface area contributed by atoms with E-state index in [0.717, 1.165) is 17.7 Å². The summed E-state index contributed by atoms with van der Waals surface area (Å²) in [6.45, 7) is 8.88. The highest BCUT2D eigenvalue weighted by Gasteiger charge is 2.62. The predicted octanol–water partition coefficient (Wildman–Crippen LogP) is 2.57. The monoisotopic (exact) mass is 361 g/mol. The number of anilines is 1. The molecule has 1 aliphatic rings. The Morgan fingerprint density at radius 1 is 1.23 bits per heavy atom. The molecule has 0 aromatic heterocycles. The lowest BCUT2D eigenvalue weighted by molar-refractivity contribution is -0.170. The summed E-state index contributed by atoms with van der Waals surface area (Å²) in [5, 5.41) is 5.78. The summed E-state index contributed by atoms with van der Waals surface area (Å²) >= 11 is 0. The van der Waals surface area contributed by atoms with Gasteiger partial charge in [-0.3, -0.25) is 9.59 Å². The van der Waals surface area contributed by atoms with Crippen molar-refractivity contribution >= 4 is 17.5 Å². The van der Waals surface area contributed by atoms with Gasteiger partial charge in [-0.2, -0.15) is 0 Å². The van der Waals surface area contributed by atoms with Gasteiger partial charge in [-0.25, -0.2) is 0 Å². The molecule has 0 heterocycles. The first-order valence-corrected chi connectivity index (χ1v) is 9.32. The molecule has 0 radical (unpaired) electrons. The van der Waals surface area contributed by atoms with Crippen LogP contribution in [0.4, 0.5) is 5.69 Å². The van der Waals surface area contributed by atoms with Crippen LogP contribution in [0, 0.1) is 5.41 Å². The Morgan fingerprint density at radius 3 is 2.42 bits per heavy atom. The number of rotatable bonds is 8. The van der Waals surface area contributed by atoms with E-state index in [1.54, 1.807) is 0 Å². The van der Waals surface area contributed by atoms with Crippen LogP contribution in [0.15, 0.2) is 24.3 Å². The fraction of sp³-hybridized carbons (Fsp3) is 0.600. The first-order chi connectivity index (χ1) is 12.2. The van der Waals surface area contributed by atoms with Crippen LogP contribution in [0.1, 0.15) is 52.5 Å². The molecule has 0 saturated heterocycles. The number of ether oxygens (including phenoxy) is 1. The highest BCUT2D eigenvalue weighted by molar-refractivity contribution is 5.90. The van der Waals surface area contributed by atoms with Crippen LogP contribution in [0.3, 0.4) is 0 Å². The maximum atomic E-state index is 12.6. The molecular weight excluding hydrogens is 330 g/mol. The van der Waals surface area contributed by atoms with Gasteiger partial charge in [-0.15, -0.1) is 0 Å². The highest BCUT2D eigenvalue weighted by atomic mass is 16.5. The van der Waals surface area contributed by atoms with Crippen molar-refractivity contribution in [2.75, 3.05) is 11.9 Å². The first-order valence-electron chi connectivity index (χ1n) is 9.32. The molecule has 2 atom stereocenters. The third-order valence-electron chi connectivity index (χ3n) is 5.40. The number of nitrogens with one attached hydrogen (secondary N) is 2. The quantitative estimate of drug-likeness (QED) is 0.663. The minimum Gasteiger partial charge on any atom is -0.378 e. The summed E-state index contributed by atoms with van der Waals surface area (Å²) in [7, 11) is 0. The molecule has 0 aliphatic heterocycles. The molecule has 1 aliphatic carbocycles. The molecule has 4 N–H and O–H groups in total. The fourth-order valence-electron chi connectivity index (χ4n) is 3.32. The Bertz CT molecular complexity index is 642. The van der Waals surface area contributed by atoms with Gasteiger partial charge in [-0.1, -0.05) is 32.9 Å². The molecule has 2 amide bonds. The largest absolute Gasteiger partial charge is 0.378 e. The van der Waals surface area contributed by atoms with Crippen LogP contribution in [-0.4, -0.2) is 30.1 Å². The normalized spacial score (nSPS) is 23.8. The standard InChI is InChI=1S/C20H31N3O3/c1-5-7-17(24)23-15-10-8-14(9-11-15)13-22-18(25)20(21)12-16(26-6-2)19(20,3)4/h8-11,16H,5-7,12-13,21H2,1-4H3,(H,22,25)(H,23,24). The second kappa shape index (κ2) is 8.18. The molecule has 144 valence electrons. The molecular formula is C20H31N3O3. The van der Waals surface area contributed by atoms with E-state index in [9.17, 15) is 9.59 Å². The van der Waals surface area contributed by atoms with Gasteiger partial charge in [0.25, 0.3) is 0 Å². The predicted molar refractivity (Wildman–Crippen MR) is 103 cm³/mol. The number of benzene rings is 1. The van der Waals surface area contributed by atoms with E-state index in [2.05, 4.69) is 10.6 Å². The summed E-state index contributed by atoms with van der Waals surface area (Å²) < 4.78 is 5.67. The lowest BCUT2D eigenvalue weighted by Gasteiger charge is -2.57. The zero-order valence-electron chi connectivity index (χ0n) is 16.2. The number of amides is 2. The Hall–Kier alpha value is -1.92. The van der Waals surface area contributed by atoms with Crippen LogP contribution in [-0.2, 0) is 20.9 Å². The molecule has 6 heteroatoms. The smallest absolute Gasteiger partial charge is 0.241 e. The summed E-state index contributed by atoms with van der Waals surface area (Å²) in [5.74, 6) is -0.145. The van der Waals surface area contributed by atoms with E-state index in [-0.39, 0.29) is 17.9 Å². The topological polar surface area (TPSA) is 93.5 Å². The van der Waals surface area contributed by atoms with Gasteiger partial charge in [0.15, 0.2) is 0 Å². The molecule has 2 unspecified atom stereocenters. The third kappa shape index (κ3) is 4.07. The molecule has 0 bridgehead atoms. The SMILES string of the molecule is CCCC(=O)Nc1ccc(CNC(=O)C2(N)CC(OCC)C2(C)C)cc1. The minimum absolute atomic E-state index is 0.00858. The van der Waals surface area contributed by atoms with Gasteiger partial charge in [0.2, 0.25) is 11.8 Å². The molecule has 1 aromatic rings. The van der Waals surface area contributed by atoms with Gasteiger partial charge >= 0.3 is 0 Å². The molecule has 6 nitrogen and oxygen atoms in total. The molecule has 1 saturated carbocycles. The highest BCUT2D eigenvalue weighted by Crippen LogP contribution is 2.49. The number of hydrogen-bond acceptors (Lipinski definition) is 4. The zero-order valence-corrected chi connectivity index (χ0v) is 16.2. The Balaban J connectivity index is 1.89. The van der Waals surface area contributed by atoms with Gasteiger partial charge in [0, 0.05) is 37.1 Å². The van der Waals surface area contributed by atoms with Crippen molar-refractivity contribution < 1.29 is 14.3 Å². The third-order valence-corrected chi connectivity index (χ3v) is 5.40. The second-order valence-corrected chi connectivity index (χ2v) is 7.52. The molecule has 2 rings (SSSR count). The maximum Gasteiger partial charge on any atom is 0.241 e. The summed E-state index contributed by atoms with van der Waals surface area (Å²) in [6.07, 6.45) is 1.86. The first kappa shape index (κ1) is 20.4. The van der Waals surface area contributed by atoms with Crippen molar-refractivity contribution in [1.29, 1.82) is 0 Å². The van der Waals surface area contributed by atoms with Crippen molar-refractivity contribution in [3.8, 4) is 0 Å². The molecule has 26 heavy (non-hydrogen) atoms. The lowest BCUT2D eigenvalue weighted by Crippen LogP contribution is -2.75. The number of carbonyl (C=O) groups is 2. The van der Waals surface area contributed by atoms with Crippen molar-refractivity contribution in [2.45, 2.75) is 65.1 Å². The number of hydrogen-bond donors (Lipinski definition) is 3. The minimum atomic E-state index is -0.916. The average Bonchev–Trinajstić information content (AvgIpc) is 2.60. The zero-order chi connectivity index (χ0) is 19.4. The van der Waals surface area contributed by atoms with Crippen molar-refractivity contribution in [3.63, 3.8) is 0 Å². The summed E-state index contributed by atoms with van der Waals surface area (Å²) in [5.41, 5.74) is 6.77. The van der Waals surface area contributed by atoms with Crippen LogP contribution in [0.25, 0.3) is 0 Å². The van der Waals surface area contributed by atoms with E-state index in [0.29, 0.717) is 26.0 Å². The van der Waals surface area contributed by atoms with Crippen LogP contribution in [0.5, 0.6) is 0 Å². The van der Waals surface area contributed by atoms with Crippen molar-refractivity contribution in [2.24, 2.45) is 11.1 Å². The molecule has 1 aromatic carbocycles. The van der Waals surface area contributed by atoms with E-state index < -0.39 is 11.0 Å². The Kier molecular flexibility index (Phi) is 6.42. The Labute approximate surface area is 155 Å². The van der Waals surface area contributed by atoms with Gasteiger partial charge < -0.3 is 21.1 Å². The van der Waals surface area contributed by atoms with Crippen LogP contribution >= 0.6 is 0 Å². The van der Waals surface area contributed by atoms with Crippen molar-refractivity contribution in [1.82, 2.24) is 5.32 Å². The van der Waals surface area contributed by atoms with E-state index in [1.165, 1.54) is 0 Å². The Morgan fingerprint density at radius 2 is 1.88 bits per heavy atom. The van der Waals surface area contributed by atoms with Gasteiger partial charge in [0.05, 0.1) is 6.10 Å². The van der Waals surface area contributed by atoms with Crippen LogP contribution < -0.4 is 16.4 Å². The lowest BCUT2D eigenvalue weighted by atomic mass is 9.54. The summed E-state index contributed by atoms with van der Waals surface area (Å²) in [6, 6.07) is 7.46. The van der Waals surface area contributed by atoms with E-state index in [4.69, 9.17) is 10.5 Å². The number of carbonyl (C=O) groups excluding carboxylic acids is 2. The summed E-state index contributed by atoms with van der Waals surface area (Å²) in [4.78, 5) is 24.2. The average molecular weight is 361 g/mol. The maximum absolute atomic E-state index is 12.6. The molecule has 1 fully saturated rings. The molecule has 0 spiro atoms. The van der Waals surface area contributed by atoms with Crippen molar-refractivity contribution in [3.05, 3.63) is 29.8 Å². The van der Waals surface area contributed by atoms with Gasteiger partial charge in [-0.05, 0) is 31.0 Å². The van der Waals surface area contributed by atoms with E-state index >= 15 is 0 Å². The van der Waals surface area contributed by atoms with E-state index in [1.807, 2.05) is 52.0 Å². The van der Waals surface area contributed by atoms with Crippen LogP contribution in [0.2, 0.25) is 0 Å².